The zero-order valence-corrected chi connectivity index (χ0v) is 34.5. The van der Waals surface area contributed by atoms with Gasteiger partial charge in [-0.25, -0.2) is 18.2 Å². The number of aromatic nitrogens is 1. The number of carbonyl (C=O) groups is 4. The molecule has 1 aromatic heterocycles. The number of hydrogen-bond acceptors (Lipinski definition) is 11. The van der Waals surface area contributed by atoms with Crippen molar-refractivity contribution >= 4 is 44.7 Å². The number of fused-ring (bicyclic) bond motifs is 5. The van der Waals surface area contributed by atoms with Gasteiger partial charge in [-0.2, -0.15) is 0 Å². The van der Waals surface area contributed by atoms with Crippen molar-refractivity contribution in [2.24, 2.45) is 23.2 Å². The standard InChI is InChI=1S/C42H55N5O10S/c1-6-25-20-42(25,39(50)46-58(52,53)27-12-13-27)45-37(48)32-15-26-21-47(32)38(49)36(23-10-8-9-11-23)44-40(51)56-22-41(3,4)19-24-14-28(24)29-16-30-31(17-33(29)54-5)43-35(55-7-2)18-34(30)57-26/h6,16-18,23-28,32,36H,1,7-15,19-22H2,2-5H3,(H,44,51)(H,45,48)(H,46,50)/t24-,25-,26+,28-,32-,36-,42+/m0/s1. The van der Waals surface area contributed by atoms with Gasteiger partial charge in [-0.3, -0.25) is 19.1 Å². The molecule has 0 radical (unpaired) electrons. The van der Waals surface area contributed by atoms with Gasteiger partial charge in [0, 0.05) is 29.9 Å². The Hall–Kier alpha value is -4.60. The van der Waals surface area contributed by atoms with Crippen LogP contribution in [0.4, 0.5) is 4.79 Å². The number of benzene rings is 1. The third kappa shape index (κ3) is 7.92. The predicted molar refractivity (Wildman–Crippen MR) is 213 cm³/mol. The molecule has 8 rings (SSSR count). The van der Waals surface area contributed by atoms with Crippen molar-refractivity contribution in [1.29, 1.82) is 0 Å². The maximum atomic E-state index is 14.9. The Kier molecular flexibility index (Phi) is 10.5. The van der Waals surface area contributed by atoms with Gasteiger partial charge in [0.15, 0.2) is 0 Å². The molecule has 2 aliphatic heterocycles. The summed E-state index contributed by atoms with van der Waals surface area (Å²) in [5.41, 5.74) is -0.298. The van der Waals surface area contributed by atoms with E-state index in [1.165, 1.54) is 11.0 Å². The van der Waals surface area contributed by atoms with E-state index in [0.717, 1.165) is 36.6 Å². The Morgan fingerprint density at radius 2 is 1.84 bits per heavy atom. The lowest BCUT2D eigenvalue weighted by molar-refractivity contribution is -0.142. The van der Waals surface area contributed by atoms with E-state index in [0.29, 0.717) is 61.1 Å². The maximum absolute atomic E-state index is 14.9. The van der Waals surface area contributed by atoms with E-state index in [2.05, 4.69) is 41.8 Å². The molecule has 2 aromatic rings. The number of carbonyl (C=O) groups excluding carboxylic acids is 4. The lowest BCUT2D eigenvalue weighted by Crippen LogP contribution is -2.59. The maximum Gasteiger partial charge on any atom is 0.407 e. The molecule has 0 spiro atoms. The van der Waals surface area contributed by atoms with Crippen molar-refractivity contribution in [3.63, 3.8) is 0 Å². The molecular formula is C42H55N5O10S. The molecule has 15 nitrogen and oxygen atoms in total. The highest BCUT2D eigenvalue weighted by atomic mass is 32.2. The van der Waals surface area contributed by atoms with Gasteiger partial charge in [0.1, 0.15) is 35.2 Å². The molecule has 1 aromatic carbocycles. The van der Waals surface area contributed by atoms with Crippen LogP contribution < -0.4 is 29.6 Å². The van der Waals surface area contributed by atoms with Gasteiger partial charge >= 0.3 is 6.09 Å². The summed E-state index contributed by atoms with van der Waals surface area (Å²) in [6.07, 6.45) is 6.19. The first-order valence-electron chi connectivity index (χ1n) is 20.7. The highest BCUT2D eigenvalue weighted by Gasteiger charge is 2.62. The lowest BCUT2D eigenvalue weighted by Gasteiger charge is -2.32. The summed E-state index contributed by atoms with van der Waals surface area (Å²) in [4.78, 5) is 62.8. The summed E-state index contributed by atoms with van der Waals surface area (Å²) in [7, 11) is -2.27. The first-order valence-corrected chi connectivity index (χ1v) is 22.3. The summed E-state index contributed by atoms with van der Waals surface area (Å²) in [6, 6.07) is 3.57. The van der Waals surface area contributed by atoms with E-state index in [4.69, 9.17) is 23.9 Å². The van der Waals surface area contributed by atoms with E-state index < -0.39 is 68.7 Å². The van der Waals surface area contributed by atoms with Crippen LogP contribution in [0.3, 0.4) is 0 Å². The molecule has 58 heavy (non-hydrogen) atoms. The molecule has 4 aliphatic carbocycles. The fraction of sp³-hybridized carbons (Fsp3) is 0.643. The molecule has 16 heteroatoms. The van der Waals surface area contributed by atoms with E-state index in [9.17, 15) is 27.6 Å². The Morgan fingerprint density at radius 3 is 2.52 bits per heavy atom. The molecule has 4 bridgehead atoms. The zero-order valence-electron chi connectivity index (χ0n) is 33.7. The topological polar surface area (TPSA) is 192 Å². The number of nitrogens with zero attached hydrogens (tertiary/aromatic N) is 2. The predicted octanol–water partition coefficient (Wildman–Crippen LogP) is 4.48. The zero-order chi connectivity index (χ0) is 41.1. The molecular weight excluding hydrogens is 767 g/mol. The first-order chi connectivity index (χ1) is 27.6. The Balaban J connectivity index is 1.17. The third-order valence-corrected chi connectivity index (χ3v) is 14.7. The van der Waals surface area contributed by atoms with E-state index in [1.807, 2.05) is 13.0 Å². The second-order valence-corrected chi connectivity index (χ2v) is 19.8. The molecule has 4 amide bonds. The minimum Gasteiger partial charge on any atom is -0.496 e. The second kappa shape index (κ2) is 15.2. The second-order valence-electron chi connectivity index (χ2n) is 17.9. The van der Waals surface area contributed by atoms with Crippen LogP contribution >= 0.6 is 0 Å². The number of methoxy groups -OCH3 is 1. The number of alkyl carbamates (subject to hydrolysis) is 1. The number of hydrogen-bond donors (Lipinski definition) is 3. The van der Waals surface area contributed by atoms with Crippen LogP contribution in [0, 0.1) is 23.2 Å². The van der Waals surface area contributed by atoms with Crippen molar-refractivity contribution in [1.82, 2.24) is 25.2 Å². The van der Waals surface area contributed by atoms with Crippen molar-refractivity contribution in [3.05, 3.63) is 36.4 Å². The highest BCUT2D eigenvalue weighted by Crippen LogP contribution is 2.56. The van der Waals surface area contributed by atoms with Gasteiger partial charge in [0.2, 0.25) is 27.7 Å². The van der Waals surface area contributed by atoms with Crippen LogP contribution in [0.1, 0.15) is 96.5 Å². The number of pyridine rings is 1. The number of ether oxygens (including phenoxy) is 4. The molecule has 314 valence electrons. The van der Waals surface area contributed by atoms with Gasteiger partial charge in [0.05, 0.1) is 37.6 Å². The fourth-order valence-electron chi connectivity index (χ4n) is 9.48. The third-order valence-electron chi connectivity index (χ3n) is 12.9. The quantitative estimate of drug-likeness (QED) is 0.287. The summed E-state index contributed by atoms with van der Waals surface area (Å²) in [6.45, 7) is 10.3. The lowest BCUT2D eigenvalue weighted by atomic mass is 9.87. The van der Waals surface area contributed by atoms with Gasteiger partial charge in [-0.05, 0) is 86.7 Å². The van der Waals surface area contributed by atoms with Crippen molar-refractivity contribution in [2.45, 2.75) is 120 Å². The van der Waals surface area contributed by atoms with Gasteiger partial charge < -0.3 is 34.5 Å². The Morgan fingerprint density at radius 1 is 1.09 bits per heavy atom. The molecule has 7 atom stereocenters. The molecule has 4 saturated carbocycles. The van der Waals surface area contributed by atoms with Gasteiger partial charge in [-0.1, -0.05) is 32.8 Å². The Bertz CT molecular complexity index is 2120. The van der Waals surface area contributed by atoms with Gasteiger partial charge in [0.25, 0.3) is 5.91 Å². The monoisotopic (exact) mass is 821 g/mol. The van der Waals surface area contributed by atoms with E-state index in [1.54, 1.807) is 13.2 Å². The molecule has 0 unspecified atom stereocenters. The number of sulfonamides is 1. The first kappa shape index (κ1) is 40.2. The van der Waals surface area contributed by atoms with Crippen LogP contribution in [-0.2, 0) is 29.1 Å². The van der Waals surface area contributed by atoms with Crippen LogP contribution in [0.15, 0.2) is 30.9 Å². The number of cyclic esters (lactones) is 1. The van der Waals surface area contributed by atoms with Gasteiger partial charge in [-0.15, -0.1) is 6.58 Å². The smallest absolute Gasteiger partial charge is 0.407 e. The van der Waals surface area contributed by atoms with E-state index >= 15 is 0 Å². The SMILES string of the molecule is C=C[C@H]1C[C@]1(NC(=O)[C@@H]1C[C@@H]2CN1C(=O)[C@H](C1CCCC1)NC(=O)OCC(C)(C)C[C@@H]1C[C@@H]1c1cc3c(cc(OCC)nc3cc1OC)O2)C(=O)NS(=O)(=O)C1CC1. The van der Waals surface area contributed by atoms with Crippen LogP contribution in [-0.4, -0.2) is 98.0 Å². The molecule has 6 aliphatic rings. The average Bonchev–Trinajstić information content (AvgIpc) is 4.15. The average molecular weight is 822 g/mol. The number of rotatable bonds is 10. The molecule has 5 fully saturated rings. The molecule has 3 heterocycles. The van der Waals surface area contributed by atoms with Crippen molar-refractivity contribution in [3.8, 4) is 17.4 Å². The summed E-state index contributed by atoms with van der Waals surface area (Å²) in [5.74, 6) is -0.574. The fourth-order valence-corrected chi connectivity index (χ4v) is 10.8. The van der Waals surface area contributed by atoms with Crippen LogP contribution in [0.5, 0.6) is 17.4 Å². The van der Waals surface area contributed by atoms with Crippen molar-refractivity contribution in [2.75, 3.05) is 26.9 Å². The Labute approximate surface area is 339 Å². The summed E-state index contributed by atoms with van der Waals surface area (Å²) < 4.78 is 52.2. The minimum absolute atomic E-state index is 0.00840. The molecule has 1 saturated heterocycles. The largest absolute Gasteiger partial charge is 0.496 e. The number of amides is 4. The summed E-state index contributed by atoms with van der Waals surface area (Å²) in [5, 5.41) is 5.84. The van der Waals surface area contributed by atoms with Crippen molar-refractivity contribution < 1.29 is 46.5 Å². The normalized spacial score (nSPS) is 30.9. The molecule has 3 N–H and O–H groups in total. The summed E-state index contributed by atoms with van der Waals surface area (Å²) >= 11 is 0. The number of nitrogens with one attached hydrogen (secondary N) is 3. The van der Waals surface area contributed by atoms with E-state index in [-0.39, 0.29) is 43.2 Å². The minimum atomic E-state index is -3.91. The van der Waals surface area contributed by atoms with Crippen LogP contribution in [0.2, 0.25) is 0 Å². The highest BCUT2D eigenvalue weighted by molar-refractivity contribution is 7.91. The van der Waals surface area contributed by atoms with Crippen LogP contribution in [0.25, 0.3) is 10.9 Å².